The van der Waals surface area contributed by atoms with Gasteiger partial charge in [-0.3, -0.25) is 0 Å². The average Bonchev–Trinajstić information content (AvgIpc) is 2.07. The van der Waals surface area contributed by atoms with Crippen molar-refractivity contribution in [3.8, 4) is 0 Å². The molecule has 1 unspecified atom stereocenters. The van der Waals surface area contributed by atoms with Gasteiger partial charge in [0.15, 0.2) is 0 Å². The van der Waals surface area contributed by atoms with E-state index in [2.05, 4.69) is 18.2 Å². The third-order valence-corrected chi connectivity index (χ3v) is 3.01. The predicted molar refractivity (Wildman–Crippen MR) is 46.0 cm³/mol. The molecule has 1 aliphatic heterocycles. The molecule has 2 fully saturated rings. The Kier molecular flexibility index (Phi) is 2.17. The van der Waals surface area contributed by atoms with E-state index in [4.69, 9.17) is 0 Å². The van der Waals surface area contributed by atoms with Crippen molar-refractivity contribution in [3.63, 3.8) is 0 Å². The first-order valence-corrected chi connectivity index (χ1v) is 4.73. The van der Waals surface area contributed by atoms with Crippen molar-refractivity contribution in [1.29, 1.82) is 0 Å². The largest absolute Gasteiger partial charge is 0.241 e. The smallest absolute Gasteiger partial charge is 0.0170 e. The Morgan fingerprint density at radius 3 is 2.73 bits per heavy atom. The molecule has 11 heavy (non-hydrogen) atoms. The van der Waals surface area contributed by atoms with Crippen LogP contribution in [-0.4, -0.2) is 13.1 Å². The lowest BCUT2D eigenvalue weighted by atomic mass is 9.68. The van der Waals surface area contributed by atoms with E-state index in [-0.39, 0.29) is 0 Å². The zero-order valence-electron chi connectivity index (χ0n) is 7.05. The van der Waals surface area contributed by atoms with Gasteiger partial charge in [0.1, 0.15) is 0 Å². The minimum absolute atomic E-state index is 0.514. The molecule has 3 radical (unpaired) electrons. The highest BCUT2D eigenvalue weighted by Gasteiger charge is 2.33. The summed E-state index contributed by atoms with van der Waals surface area (Å²) in [5.41, 5.74) is 0.514. The average molecular weight is 150 g/mol. The van der Waals surface area contributed by atoms with Crippen LogP contribution in [0.15, 0.2) is 0 Å². The number of hydrogen-bond donors (Lipinski definition) is 0. The van der Waals surface area contributed by atoms with Gasteiger partial charge in [-0.2, -0.15) is 0 Å². The Morgan fingerprint density at radius 1 is 1.09 bits per heavy atom. The summed E-state index contributed by atoms with van der Waals surface area (Å²) in [5, 5.41) is 4.35. The normalized spacial score (nSPS) is 30.5. The van der Waals surface area contributed by atoms with Crippen molar-refractivity contribution < 1.29 is 0 Å². The molecule has 2 rings (SSSR count). The molecule has 0 aromatic heterocycles. The summed E-state index contributed by atoms with van der Waals surface area (Å²) >= 11 is 0. The van der Waals surface area contributed by atoms with E-state index in [0.29, 0.717) is 5.41 Å². The van der Waals surface area contributed by atoms with E-state index in [9.17, 15) is 0 Å². The lowest BCUT2D eigenvalue weighted by Gasteiger charge is -2.39. The van der Waals surface area contributed by atoms with Crippen molar-refractivity contribution in [1.82, 2.24) is 5.32 Å². The molecule has 1 heteroatoms. The maximum Gasteiger partial charge on any atom is 0.0170 e. The van der Waals surface area contributed by atoms with Crippen molar-refractivity contribution in [2.24, 2.45) is 5.41 Å². The number of piperidine rings is 1. The van der Waals surface area contributed by atoms with Gasteiger partial charge >= 0.3 is 0 Å². The van der Waals surface area contributed by atoms with Crippen molar-refractivity contribution in [2.75, 3.05) is 13.1 Å². The fourth-order valence-electron chi connectivity index (χ4n) is 2.23. The summed E-state index contributed by atoms with van der Waals surface area (Å²) in [4.78, 5) is 0. The van der Waals surface area contributed by atoms with Crippen LogP contribution in [0.5, 0.6) is 0 Å². The first-order valence-electron chi connectivity index (χ1n) is 4.73. The van der Waals surface area contributed by atoms with E-state index >= 15 is 0 Å². The standard InChI is InChI=1S/C10H16N/c1-2-4-10(5-3-1)6-8-11-9-7-10/h4,6H,1-3,5,7-9H2. The van der Waals surface area contributed by atoms with Gasteiger partial charge in [-0.05, 0) is 37.5 Å². The predicted octanol–water partition coefficient (Wildman–Crippen LogP) is 1.96. The fraction of sp³-hybridized carbons (Fsp3) is 0.800. The summed E-state index contributed by atoms with van der Waals surface area (Å²) in [6.45, 7) is 2.09. The van der Waals surface area contributed by atoms with Gasteiger partial charge in [0.25, 0.3) is 0 Å². The van der Waals surface area contributed by atoms with Crippen LogP contribution < -0.4 is 5.32 Å². The minimum atomic E-state index is 0.514. The minimum Gasteiger partial charge on any atom is -0.241 e. The molecule has 2 aliphatic rings. The molecular formula is C10H16N. The van der Waals surface area contributed by atoms with Crippen LogP contribution in [0.3, 0.4) is 0 Å². The second-order valence-electron chi connectivity index (χ2n) is 3.77. The van der Waals surface area contributed by atoms with E-state index in [1.54, 1.807) is 0 Å². The van der Waals surface area contributed by atoms with Crippen LogP contribution in [0.2, 0.25) is 0 Å². The molecule has 1 saturated heterocycles. The van der Waals surface area contributed by atoms with Gasteiger partial charge < -0.3 is 0 Å². The Bertz CT molecular complexity index is 99.3. The second kappa shape index (κ2) is 3.14. The summed E-state index contributed by atoms with van der Waals surface area (Å²) in [6, 6.07) is 0. The zero-order valence-corrected chi connectivity index (χ0v) is 7.05. The number of rotatable bonds is 0. The van der Waals surface area contributed by atoms with Crippen LogP contribution in [0.4, 0.5) is 0 Å². The fourth-order valence-corrected chi connectivity index (χ4v) is 2.23. The first kappa shape index (κ1) is 7.60. The van der Waals surface area contributed by atoms with Crippen LogP contribution >= 0.6 is 0 Å². The van der Waals surface area contributed by atoms with Gasteiger partial charge in [0.2, 0.25) is 0 Å². The molecule has 0 aromatic carbocycles. The Morgan fingerprint density at radius 2 is 2.09 bits per heavy atom. The van der Waals surface area contributed by atoms with Crippen LogP contribution in [0, 0.1) is 18.3 Å². The summed E-state index contributed by atoms with van der Waals surface area (Å²) in [5.74, 6) is 0. The van der Waals surface area contributed by atoms with E-state index < -0.39 is 0 Å². The third kappa shape index (κ3) is 1.58. The van der Waals surface area contributed by atoms with Crippen molar-refractivity contribution in [3.05, 3.63) is 12.8 Å². The van der Waals surface area contributed by atoms with Gasteiger partial charge in [0, 0.05) is 13.1 Å². The summed E-state index contributed by atoms with van der Waals surface area (Å²) in [6.07, 6.45) is 11.8. The molecule has 1 spiro atoms. The van der Waals surface area contributed by atoms with Crippen LogP contribution in [0.1, 0.15) is 32.1 Å². The Hall–Kier alpha value is -0.0400. The Balaban J connectivity index is 1.94. The maximum atomic E-state index is 4.35. The van der Waals surface area contributed by atoms with Gasteiger partial charge in [-0.1, -0.05) is 12.8 Å². The lowest BCUT2D eigenvalue weighted by molar-refractivity contribution is 0.257. The van der Waals surface area contributed by atoms with E-state index in [0.717, 1.165) is 13.1 Å². The SMILES string of the molecule is [CH]1CCCCC12[CH]C[N]CC2. The molecule has 1 saturated carbocycles. The third-order valence-electron chi connectivity index (χ3n) is 3.01. The highest BCUT2D eigenvalue weighted by atomic mass is 14.9. The first-order chi connectivity index (χ1) is 5.41. The van der Waals surface area contributed by atoms with E-state index in [1.165, 1.54) is 32.1 Å². The molecule has 61 valence electrons. The monoisotopic (exact) mass is 150 g/mol. The van der Waals surface area contributed by atoms with Crippen molar-refractivity contribution in [2.45, 2.75) is 32.1 Å². The highest BCUT2D eigenvalue weighted by molar-refractivity contribution is 5.07. The van der Waals surface area contributed by atoms with Gasteiger partial charge in [0.05, 0.1) is 0 Å². The topological polar surface area (TPSA) is 14.1 Å². The Labute approximate surface area is 69.6 Å². The van der Waals surface area contributed by atoms with Gasteiger partial charge in [-0.25, -0.2) is 5.32 Å². The number of nitrogens with zero attached hydrogens (tertiary/aromatic N) is 1. The highest BCUT2D eigenvalue weighted by Crippen LogP contribution is 2.41. The summed E-state index contributed by atoms with van der Waals surface area (Å²) < 4.78 is 0. The van der Waals surface area contributed by atoms with Crippen molar-refractivity contribution >= 4 is 0 Å². The van der Waals surface area contributed by atoms with Crippen LogP contribution in [-0.2, 0) is 0 Å². The molecule has 1 heterocycles. The molecule has 0 amide bonds. The molecular weight excluding hydrogens is 134 g/mol. The number of hydrogen-bond acceptors (Lipinski definition) is 0. The molecule has 1 atom stereocenters. The second-order valence-corrected chi connectivity index (χ2v) is 3.77. The quantitative estimate of drug-likeness (QED) is 0.501. The van der Waals surface area contributed by atoms with Gasteiger partial charge in [-0.15, -0.1) is 0 Å². The molecule has 0 bridgehead atoms. The van der Waals surface area contributed by atoms with Crippen LogP contribution in [0.25, 0.3) is 0 Å². The summed E-state index contributed by atoms with van der Waals surface area (Å²) in [7, 11) is 0. The van der Waals surface area contributed by atoms with E-state index in [1.807, 2.05) is 0 Å². The maximum absolute atomic E-state index is 4.35. The molecule has 0 aromatic rings. The lowest BCUT2D eigenvalue weighted by Crippen LogP contribution is -2.35. The zero-order chi connectivity index (χ0) is 7.57. The molecule has 0 N–H and O–H groups in total. The molecule has 1 aliphatic carbocycles. The molecule has 1 nitrogen and oxygen atoms in total.